The molecule has 3 saturated carbocycles. The van der Waals surface area contributed by atoms with Crippen molar-refractivity contribution in [2.75, 3.05) is 6.61 Å². The fourth-order valence-corrected chi connectivity index (χ4v) is 8.15. The van der Waals surface area contributed by atoms with Crippen LogP contribution < -0.4 is 0 Å². The summed E-state index contributed by atoms with van der Waals surface area (Å²) in [5, 5.41) is 21.3. The van der Waals surface area contributed by atoms with Gasteiger partial charge < -0.3 is 14.9 Å². The van der Waals surface area contributed by atoms with Gasteiger partial charge in [0, 0.05) is 29.1 Å². The lowest BCUT2D eigenvalue weighted by atomic mass is 9.44. The number of carbonyl (C=O) groups is 3. The van der Waals surface area contributed by atoms with Crippen LogP contribution in [0.5, 0.6) is 0 Å². The van der Waals surface area contributed by atoms with E-state index in [0.29, 0.717) is 12.8 Å². The molecule has 3 fully saturated rings. The predicted octanol–water partition coefficient (Wildman–Crippen LogP) is 3.93. The van der Waals surface area contributed by atoms with Crippen LogP contribution in [0.4, 0.5) is 8.78 Å². The van der Waals surface area contributed by atoms with E-state index < -0.39 is 75.9 Å². The van der Waals surface area contributed by atoms with E-state index in [9.17, 15) is 29.0 Å². The molecule has 0 bridgehead atoms. The molecule has 0 saturated heterocycles. The second-order valence-electron chi connectivity index (χ2n) is 11.4. The molecule has 4 aliphatic rings. The minimum absolute atomic E-state index is 0.0705. The monoisotopic (exact) mass is 494 g/mol. The van der Waals surface area contributed by atoms with Crippen LogP contribution >= 0.6 is 0 Å². The molecule has 0 spiro atoms. The number of rotatable bonds is 6. The minimum atomic E-state index is -2.27. The average molecular weight is 495 g/mol. The SMILES string of the molecule is CCCCC(=O)O[C@]1(C(=O)CO)[C@@H](C)C[C@H]2[C@@H]3CCC4=C(F)C(=O)C=C[C@]4(C)[C@@]3(F)[C@@H](O)C[C@@]21C. The van der Waals surface area contributed by atoms with E-state index in [1.807, 2.05) is 6.92 Å². The van der Waals surface area contributed by atoms with Crippen LogP contribution in [-0.2, 0) is 19.1 Å². The van der Waals surface area contributed by atoms with E-state index in [0.717, 1.165) is 12.5 Å². The Balaban J connectivity index is 1.82. The Labute approximate surface area is 204 Å². The van der Waals surface area contributed by atoms with Gasteiger partial charge >= 0.3 is 5.97 Å². The van der Waals surface area contributed by atoms with Crippen LogP contribution in [0, 0.1) is 28.6 Å². The number of hydrogen-bond acceptors (Lipinski definition) is 6. The quantitative estimate of drug-likeness (QED) is 0.543. The topological polar surface area (TPSA) is 101 Å². The molecule has 0 aliphatic heterocycles. The van der Waals surface area contributed by atoms with Crippen molar-refractivity contribution >= 4 is 17.5 Å². The molecule has 0 aromatic rings. The number of allylic oxidation sites excluding steroid dienone is 4. The maximum Gasteiger partial charge on any atom is 0.306 e. The Morgan fingerprint density at radius 1 is 1.26 bits per heavy atom. The van der Waals surface area contributed by atoms with Gasteiger partial charge in [-0.3, -0.25) is 14.4 Å². The summed E-state index contributed by atoms with van der Waals surface area (Å²) in [6, 6.07) is 0. The Bertz CT molecular complexity index is 1010. The van der Waals surface area contributed by atoms with Crippen molar-refractivity contribution in [1.29, 1.82) is 0 Å². The molecule has 8 atom stereocenters. The molecule has 8 heteroatoms. The Morgan fingerprint density at radius 2 is 1.94 bits per heavy atom. The molecule has 0 unspecified atom stereocenters. The first-order chi connectivity index (χ1) is 16.3. The fraction of sp³-hybridized carbons (Fsp3) is 0.741. The number of esters is 1. The molecule has 0 amide bonds. The maximum atomic E-state index is 17.3. The number of unbranched alkanes of at least 4 members (excludes halogenated alkanes) is 1. The first-order valence-corrected chi connectivity index (χ1v) is 12.7. The molecule has 194 valence electrons. The van der Waals surface area contributed by atoms with Gasteiger partial charge in [-0.25, -0.2) is 8.78 Å². The molecule has 35 heavy (non-hydrogen) atoms. The first kappa shape index (κ1) is 26.1. The number of ether oxygens (including phenoxy) is 1. The summed E-state index contributed by atoms with van der Waals surface area (Å²) in [6.07, 6.45) is 2.76. The smallest absolute Gasteiger partial charge is 0.306 e. The van der Waals surface area contributed by atoms with Gasteiger partial charge in [-0.1, -0.05) is 33.3 Å². The number of carbonyl (C=O) groups excluding carboxylic acids is 3. The molecular weight excluding hydrogens is 458 g/mol. The molecule has 4 aliphatic carbocycles. The molecule has 6 nitrogen and oxygen atoms in total. The van der Waals surface area contributed by atoms with Crippen molar-refractivity contribution in [3.8, 4) is 0 Å². The summed E-state index contributed by atoms with van der Waals surface area (Å²) in [5.41, 5.74) is -6.54. The fourth-order valence-electron chi connectivity index (χ4n) is 8.15. The molecule has 0 radical (unpaired) electrons. The number of alkyl halides is 1. The molecule has 2 N–H and O–H groups in total. The van der Waals surface area contributed by atoms with Crippen molar-refractivity contribution < 1.29 is 38.1 Å². The number of aliphatic hydroxyl groups excluding tert-OH is 2. The zero-order valence-electron chi connectivity index (χ0n) is 20.9. The second-order valence-corrected chi connectivity index (χ2v) is 11.4. The molecular formula is C27H36F2O6. The van der Waals surface area contributed by atoms with Crippen LogP contribution in [-0.4, -0.2) is 51.7 Å². The van der Waals surface area contributed by atoms with Gasteiger partial charge in [-0.2, -0.15) is 0 Å². The van der Waals surface area contributed by atoms with Gasteiger partial charge in [0.1, 0.15) is 6.61 Å². The van der Waals surface area contributed by atoms with Crippen molar-refractivity contribution in [1.82, 2.24) is 0 Å². The van der Waals surface area contributed by atoms with Gasteiger partial charge in [0.15, 0.2) is 17.1 Å². The third kappa shape index (κ3) is 3.21. The molecule has 0 aromatic heterocycles. The highest BCUT2D eigenvalue weighted by atomic mass is 19.1. The van der Waals surface area contributed by atoms with Gasteiger partial charge in [0.05, 0.1) is 6.10 Å². The molecule has 0 heterocycles. The van der Waals surface area contributed by atoms with E-state index in [1.54, 1.807) is 13.8 Å². The largest absolute Gasteiger partial charge is 0.450 e. The Morgan fingerprint density at radius 3 is 2.57 bits per heavy atom. The highest BCUT2D eigenvalue weighted by Gasteiger charge is 2.77. The number of aliphatic hydroxyl groups is 2. The highest BCUT2D eigenvalue weighted by Crippen LogP contribution is 2.71. The lowest BCUT2D eigenvalue weighted by molar-refractivity contribution is -0.228. The number of fused-ring (bicyclic) bond motifs is 5. The first-order valence-electron chi connectivity index (χ1n) is 12.7. The van der Waals surface area contributed by atoms with Crippen molar-refractivity contribution in [2.24, 2.45) is 28.6 Å². The number of Topliss-reactive ketones (excluding diaryl/α,β-unsaturated/α-hetero) is 1. The van der Waals surface area contributed by atoms with Crippen LogP contribution in [0.3, 0.4) is 0 Å². The maximum absolute atomic E-state index is 17.3. The van der Waals surface area contributed by atoms with E-state index in [1.165, 1.54) is 13.0 Å². The van der Waals surface area contributed by atoms with Gasteiger partial charge in [-0.05, 0) is 56.6 Å². The third-order valence-corrected chi connectivity index (χ3v) is 9.84. The second kappa shape index (κ2) is 8.58. The normalized spacial score (nSPS) is 44.5. The number of halogens is 2. The average Bonchev–Trinajstić information content (AvgIpc) is 3.03. The summed E-state index contributed by atoms with van der Waals surface area (Å²) in [6.45, 7) is 6.14. The van der Waals surface area contributed by atoms with Crippen molar-refractivity contribution in [3.05, 3.63) is 23.6 Å². The standard InChI is InChI=1S/C27H36F2O6/c1-5-6-7-22(34)35-27(21(33)14-30)15(2)12-18-16-8-9-17-23(28)19(31)10-11-24(17,3)26(16,29)20(32)13-25(18,27)4/h10-11,15-16,18,20,30,32H,5-9,12-14H2,1-4H3/t15-,16-,18-,20-,24-,25-,26-,27-/m0/s1. The zero-order chi connectivity index (χ0) is 26.0. The summed E-state index contributed by atoms with van der Waals surface area (Å²) in [5.74, 6) is -4.69. The van der Waals surface area contributed by atoms with Crippen molar-refractivity contribution in [3.63, 3.8) is 0 Å². The lowest BCUT2D eigenvalue weighted by Crippen LogP contribution is -2.70. The Hall–Kier alpha value is -1.93. The van der Waals surface area contributed by atoms with E-state index >= 15 is 4.39 Å². The number of ketones is 2. The van der Waals surface area contributed by atoms with Gasteiger partial charge in [-0.15, -0.1) is 0 Å². The van der Waals surface area contributed by atoms with Gasteiger partial charge in [0.25, 0.3) is 0 Å². The van der Waals surface area contributed by atoms with Crippen LogP contribution in [0.15, 0.2) is 23.6 Å². The van der Waals surface area contributed by atoms with Crippen LogP contribution in [0.25, 0.3) is 0 Å². The molecule has 4 rings (SSSR count). The zero-order valence-corrected chi connectivity index (χ0v) is 20.9. The van der Waals surface area contributed by atoms with E-state index in [-0.39, 0.29) is 31.3 Å². The third-order valence-electron chi connectivity index (χ3n) is 9.84. The van der Waals surface area contributed by atoms with Crippen LogP contribution in [0.1, 0.15) is 72.6 Å². The summed E-state index contributed by atoms with van der Waals surface area (Å²) in [4.78, 5) is 38.1. The summed E-state index contributed by atoms with van der Waals surface area (Å²) in [7, 11) is 0. The summed E-state index contributed by atoms with van der Waals surface area (Å²) < 4.78 is 38.1. The van der Waals surface area contributed by atoms with Crippen molar-refractivity contribution in [2.45, 2.75) is 90.0 Å². The Kier molecular flexibility index (Phi) is 6.41. The predicted molar refractivity (Wildman–Crippen MR) is 123 cm³/mol. The summed E-state index contributed by atoms with van der Waals surface area (Å²) >= 11 is 0. The lowest BCUT2D eigenvalue weighted by Gasteiger charge is -2.62. The van der Waals surface area contributed by atoms with Gasteiger partial charge in [0.2, 0.25) is 11.6 Å². The molecule has 0 aromatic carbocycles. The van der Waals surface area contributed by atoms with E-state index in [4.69, 9.17) is 4.74 Å². The van der Waals surface area contributed by atoms with Crippen LogP contribution in [0.2, 0.25) is 0 Å². The van der Waals surface area contributed by atoms with E-state index in [2.05, 4.69) is 0 Å². The number of hydrogen-bond donors (Lipinski definition) is 2. The highest BCUT2D eigenvalue weighted by molar-refractivity contribution is 6.04. The minimum Gasteiger partial charge on any atom is -0.450 e.